The standard InChI is InChI=1S/C18H19NO4/c1-12-4-8-16(9-5-12)22-13(2)18(21)23-17-10-6-15(7-11-17)19-14(3)20/h4-11,13H,1-3H3,(H,19,20). The van der Waals surface area contributed by atoms with Gasteiger partial charge in [-0.2, -0.15) is 0 Å². The molecule has 0 saturated heterocycles. The van der Waals surface area contributed by atoms with Crippen LogP contribution in [0.25, 0.3) is 0 Å². The number of carbonyl (C=O) groups is 2. The van der Waals surface area contributed by atoms with Gasteiger partial charge < -0.3 is 14.8 Å². The number of benzene rings is 2. The summed E-state index contributed by atoms with van der Waals surface area (Å²) in [6.45, 7) is 5.04. The average Bonchev–Trinajstić information content (AvgIpc) is 2.51. The van der Waals surface area contributed by atoms with E-state index in [2.05, 4.69) is 5.32 Å². The van der Waals surface area contributed by atoms with Crippen LogP contribution in [0.3, 0.4) is 0 Å². The summed E-state index contributed by atoms with van der Waals surface area (Å²) in [5, 5.41) is 2.64. The molecule has 5 heteroatoms. The van der Waals surface area contributed by atoms with Crippen molar-refractivity contribution >= 4 is 17.6 Å². The molecule has 1 atom stereocenters. The number of esters is 1. The van der Waals surface area contributed by atoms with Gasteiger partial charge in [-0.05, 0) is 50.2 Å². The van der Waals surface area contributed by atoms with Crippen LogP contribution in [0.1, 0.15) is 19.4 Å². The van der Waals surface area contributed by atoms with Crippen LogP contribution in [0.15, 0.2) is 48.5 Å². The molecule has 120 valence electrons. The zero-order chi connectivity index (χ0) is 16.8. The third kappa shape index (κ3) is 5.14. The molecule has 0 aliphatic rings. The minimum atomic E-state index is -0.729. The minimum absolute atomic E-state index is 0.158. The Hall–Kier alpha value is -2.82. The maximum Gasteiger partial charge on any atom is 0.352 e. The van der Waals surface area contributed by atoms with Crippen LogP contribution in [-0.2, 0) is 9.59 Å². The van der Waals surface area contributed by atoms with Gasteiger partial charge in [0.2, 0.25) is 5.91 Å². The Labute approximate surface area is 135 Å². The molecule has 0 aliphatic carbocycles. The van der Waals surface area contributed by atoms with Gasteiger partial charge in [-0.25, -0.2) is 4.79 Å². The molecule has 2 rings (SSSR count). The summed E-state index contributed by atoms with van der Waals surface area (Å²) >= 11 is 0. The first-order valence-electron chi connectivity index (χ1n) is 7.27. The van der Waals surface area contributed by atoms with Gasteiger partial charge >= 0.3 is 5.97 Å². The number of aryl methyl sites for hydroxylation is 1. The fourth-order valence-corrected chi connectivity index (χ4v) is 1.88. The number of hydrogen-bond donors (Lipinski definition) is 1. The van der Waals surface area contributed by atoms with E-state index in [0.717, 1.165) is 5.56 Å². The Kier molecular flexibility index (Phi) is 5.36. The van der Waals surface area contributed by atoms with Crippen LogP contribution in [0, 0.1) is 6.92 Å². The molecular formula is C18H19NO4. The number of anilines is 1. The van der Waals surface area contributed by atoms with Crippen LogP contribution in [0.4, 0.5) is 5.69 Å². The summed E-state index contributed by atoms with van der Waals surface area (Å²) in [5.74, 6) is 0.359. The highest BCUT2D eigenvalue weighted by atomic mass is 16.6. The van der Waals surface area contributed by atoms with Crippen LogP contribution in [0.5, 0.6) is 11.5 Å². The Morgan fingerprint density at radius 1 is 0.957 bits per heavy atom. The van der Waals surface area contributed by atoms with Crippen molar-refractivity contribution in [3.05, 3.63) is 54.1 Å². The number of rotatable bonds is 5. The number of nitrogens with one attached hydrogen (secondary N) is 1. The van der Waals surface area contributed by atoms with E-state index in [4.69, 9.17) is 9.47 Å². The molecule has 0 spiro atoms. The second kappa shape index (κ2) is 7.45. The fourth-order valence-electron chi connectivity index (χ4n) is 1.88. The molecule has 1 unspecified atom stereocenters. The predicted molar refractivity (Wildman–Crippen MR) is 87.6 cm³/mol. The summed E-state index contributed by atoms with van der Waals surface area (Å²) in [6, 6.07) is 14.0. The number of carbonyl (C=O) groups excluding carboxylic acids is 2. The lowest BCUT2D eigenvalue weighted by Crippen LogP contribution is -2.28. The lowest BCUT2D eigenvalue weighted by atomic mass is 10.2. The van der Waals surface area contributed by atoms with Gasteiger partial charge in [-0.1, -0.05) is 17.7 Å². The molecule has 1 amide bonds. The molecule has 0 radical (unpaired) electrons. The third-order valence-electron chi connectivity index (χ3n) is 3.06. The van der Waals surface area contributed by atoms with Gasteiger partial charge in [0, 0.05) is 12.6 Å². The first kappa shape index (κ1) is 16.5. The van der Waals surface area contributed by atoms with Gasteiger partial charge in [0.15, 0.2) is 6.10 Å². The molecule has 1 N–H and O–H groups in total. The monoisotopic (exact) mass is 313 g/mol. The zero-order valence-corrected chi connectivity index (χ0v) is 13.3. The van der Waals surface area contributed by atoms with Crippen LogP contribution >= 0.6 is 0 Å². The molecule has 0 fully saturated rings. The molecule has 0 bridgehead atoms. The van der Waals surface area contributed by atoms with E-state index in [0.29, 0.717) is 17.2 Å². The van der Waals surface area contributed by atoms with E-state index in [9.17, 15) is 9.59 Å². The van der Waals surface area contributed by atoms with Crippen molar-refractivity contribution in [3.63, 3.8) is 0 Å². The summed E-state index contributed by atoms with van der Waals surface area (Å²) < 4.78 is 10.8. The van der Waals surface area contributed by atoms with E-state index >= 15 is 0 Å². The van der Waals surface area contributed by atoms with Crippen molar-refractivity contribution in [2.45, 2.75) is 26.9 Å². The molecular weight excluding hydrogens is 294 g/mol. The van der Waals surface area contributed by atoms with E-state index in [1.165, 1.54) is 6.92 Å². The summed E-state index contributed by atoms with van der Waals surface area (Å²) in [5.41, 5.74) is 1.76. The van der Waals surface area contributed by atoms with E-state index in [1.807, 2.05) is 19.1 Å². The summed E-state index contributed by atoms with van der Waals surface area (Å²) in [7, 11) is 0. The lowest BCUT2D eigenvalue weighted by Gasteiger charge is -2.14. The van der Waals surface area contributed by atoms with Crippen molar-refractivity contribution in [1.82, 2.24) is 0 Å². The predicted octanol–water partition coefficient (Wildman–Crippen LogP) is 3.33. The van der Waals surface area contributed by atoms with Gasteiger partial charge in [0.25, 0.3) is 0 Å². The van der Waals surface area contributed by atoms with Gasteiger partial charge in [-0.3, -0.25) is 4.79 Å². The Morgan fingerprint density at radius 3 is 2.09 bits per heavy atom. The Bertz CT molecular complexity index is 677. The molecule has 0 aromatic heterocycles. The molecule has 0 saturated carbocycles. The van der Waals surface area contributed by atoms with Gasteiger partial charge in [0.05, 0.1) is 0 Å². The molecule has 2 aromatic rings. The lowest BCUT2D eigenvalue weighted by molar-refractivity contribution is -0.141. The van der Waals surface area contributed by atoms with Crippen molar-refractivity contribution in [1.29, 1.82) is 0 Å². The highest BCUT2D eigenvalue weighted by molar-refractivity contribution is 5.88. The highest BCUT2D eigenvalue weighted by Gasteiger charge is 2.17. The Morgan fingerprint density at radius 2 is 1.52 bits per heavy atom. The second-order valence-corrected chi connectivity index (χ2v) is 5.20. The van der Waals surface area contributed by atoms with E-state index < -0.39 is 12.1 Å². The van der Waals surface area contributed by atoms with Gasteiger partial charge in [-0.15, -0.1) is 0 Å². The molecule has 5 nitrogen and oxygen atoms in total. The molecule has 0 heterocycles. The smallest absolute Gasteiger partial charge is 0.352 e. The first-order chi connectivity index (χ1) is 10.9. The SMILES string of the molecule is CC(=O)Nc1ccc(OC(=O)C(C)Oc2ccc(C)cc2)cc1. The summed E-state index contributed by atoms with van der Waals surface area (Å²) in [6.07, 6.45) is -0.729. The van der Waals surface area contributed by atoms with Crippen molar-refractivity contribution in [2.75, 3.05) is 5.32 Å². The van der Waals surface area contributed by atoms with Crippen LogP contribution in [0.2, 0.25) is 0 Å². The van der Waals surface area contributed by atoms with E-state index in [-0.39, 0.29) is 5.91 Å². The van der Waals surface area contributed by atoms with Crippen LogP contribution < -0.4 is 14.8 Å². The normalized spacial score (nSPS) is 11.4. The van der Waals surface area contributed by atoms with Crippen LogP contribution in [-0.4, -0.2) is 18.0 Å². The quantitative estimate of drug-likeness (QED) is 0.679. The average molecular weight is 313 g/mol. The van der Waals surface area contributed by atoms with Gasteiger partial charge in [0.1, 0.15) is 11.5 Å². The Balaban J connectivity index is 1.92. The first-order valence-corrected chi connectivity index (χ1v) is 7.27. The minimum Gasteiger partial charge on any atom is -0.479 e. The maximum atomic E-state index is 12.0. The fraction of sp³-hybridized carbons (Fsp3) is 0.222. The van der Waals surface area contributed by atoms with E-state index in [1.54, 1.807) is 43.3 Å². The highest BCUT2D eigenvalue weighted by Crippen LogP contribution is 2.18. The third-order valence-corrected chi connectivity index (χ3v) is 3.06. The largest absolute Gasteiger partial charge is 0.479 e. The molecule has 23 heavy (non-hydrogen) atoms. The van der Waals surface area contributed by atoms with Crippen molar-refractivity contribution in [2.24, 2.45) is 0 Å². The maximum absolute atomic E-state index is 12.0. The number of amides is 1. The van der Waals surface area contributed by atoms with Crippen molar-refractivity contribution < 1.29 is 19.1 Å². The summed E-state index contributed by atoms with van der Waals surface area (Å²) in [4.78, 5) is 23.0. The molecule has 0 aliphatic heterocycles. The second-order valence-electron chi connectivity index (χ2n) is 5.20. The number of hydrogen-bond acceptors (Lipinski definition) is 4. The number of ether oxygens (including phenoxy) is 2. The molecule has 2 aromatic carbocycles. The zero-order valence-electron chi connectivity index (χ0n) is 13.3. The topological polar surface area (TPSA) is 64.6 Å². The van der Waals surface area contributed by atoms with Crippen molar-refractivity contribution in [3.8, 4) is 11.5 Å².